The summed E-state index contributed by atoms with van der Waals surface area (Å²) in [5, 5.41) is 4.98. The molecule has 0 aromatic carbocycles. The van der Waals surface area contributed by atoms with Crippen LogP contribution in [0.5, 0.6) is 0 Å². The molecule has 0 unspecified atom stereocenters. The number of aromatic nitrogens is 2. The highest BCUT2D eigenvalue weighted by molar-refractivity contribution is 7.17. The number of aryl methyl sites for hydroxylation is 5. The average Bonchev–Trinajstić information content (AvgIpc) is 3.36. The van der Waals surface area contributed by atoms with Crippen LogP contribution in [0.3, 0.4) is 0 Å². The molecule has 0 bridgehead atoms. The predicted molar refractivity (Wildman–Crippen MR) is 109 cm³/mol. The van der Waals surface area contributed by atoms with Crippen LogP contribution in [-0.2, 0) is 19.3 Å². The van der Waals surface area contributed by atoms with E-state index in [1.54, 1.807) is 0 Å². The number of amides is 1. The number of fused-ring (bicyclic) bond motifs is 1. The molecular formula is C20H23N3O2S2. The van der Waals surface area contributed by atoms with Gasteiger partial charge >= 0.3 is 0 Å². The number of nitrogens with zero attached hydrogens (tertiary/aromatic N) is 2. The van der Waals surface area contributed by atoms with E-state index in [1.807, 2.05) is 37.3 Å². The highest BCUT2D eigenvalue weighted by Crippen LogP contribution is 2.29. The van der Waals surface area contributed by atoms with Gasteiger partial charge in [0, 0.05) is 17.8 Å². The van der Waals surface area contributed by atoms with Gasteiger partial charge in [-0.2, -0.15) is 0 Å². The molecule has 3 aromatic heterocycles. The minimum absolute atomic E-state index is 0.0574. The highest BCUT2D eigenvalue weighted by Gasteiger charge is 2.18. The largest absolute Gasteiger partial charge is 0.459 e. The molecule has 0 radical (unpaired) electrons. The fourth-order valence-electron chi connectivity index (χ4n) is 3.30. The molecule has 0 fully saturated rings. The van der Waals surface area contributed by atoms with Crippen molar-refractivity contribution in [2.24, 2.45) is 0 Å². The lowest BCUT2D eigenvalue weighted by molar-refractivity contribution is 0.0956. The maximum Gasteiger partial charge on any atom is 0.263 e. The van der Waals surface area contributed by atoms with Crippen molar-refractivity contribution in [3.63, 3.8) is 0 Å². The third-order valence-electron chi connectivity index (χ3n) is 4.70. The van der Waals surface area contributed by atoms with Crippen molar-refractivity contribution in [1.29, 1.82) is 0 Å². The van der Waals surface area contributed by atoms with E-state index in [-0.39, 0.29) is 5.91 Å². The Labute approximate surface area is 166 Å². The van der Waals surface area contributed by atoms with Crippen LogP contribution in [0.15, 0.2) is 16.5 Å². The van der Waals surface area contributed by atoms with Crippen molar-refractivity contribution in [3.05, 3.63) is 44.0 Å². The number of thiazole rings is 2. The summed E-state index contributed by atoms with van der Waals surface area (Å²) in [6.07, 6.45) is 6.70. The Bertz CT molecular complexity index is 931. The summed E-state index contributed by atoms with van der Waals surface area (Å²) in [6, 6.07) is 3.80. The van der Waals surface area contributed by atoms with E-state index in [0.717, 1.165) is 35.7 Å². The maximum atomic E-state index is 12.5. The van der Waals surface area contributed by atoms with Gasteiger partial charge in [-0.25, -0.2) is 9.97 Å². The fourth-order valence-corrected chi connectivity index (χ4v) is 5.44. The maximum absolute atomic E-state index is 12.5. The van der Waals surface area contributed by atoms with Crippen LogP contribution in [0.2, 0.25) is 0 Å². The van der Waals surface area contributed by atoms with E-state index >= 15 is 0 Å². The minimum atomic E-state index is -0.0574. The number of nitrogens with one attached hydrogen (secondary N) is 1. The molecule has 0 saturated heterocycles. The normalized spacial score (nSPS) is 13.6. The Morgan fingerprint density at radius 1 is 1.19 bits per heavy atom. The van der Waals surface area contributed by atoms with E-state index in [0.29, 0.717) is 17.2 Å². The zero-order valence-electron chi connectivity index (χ0n) is 15.6. The van der Waals surface area contributed by atoms with Gasteiger partial charge in [-0.3, -0.25) is 4.79 Å². The van der Waals surface area contributed by atoms with Crippen LogP contribution >= 0.6 is 22.7 Å². The molecule has 3 heterocycles. The average molecular weight is 402 g/mol. The minimum Gasteiger partial charge on any atom is -0.459 e. The topological polar surface area (TPSA) is 68.0 Å². The summed E-state index contributed by atoms with van der Waals surface area (Å²) in [7, 11) is 0. The molecule has 1 aliphatic carbocycles. The Kier molecular flexibility index (Phi) is 5.41. The molecule has 1 amide bonds. The Morgan fingerprint density at radius 2 is 2.04 bits per heavy atom. The number of furan rings is 1. The Balaban J connectivity index is 1.30. The summed E-state index contributed by atoms with van der Waals surface area (Å²) in [4.78, 5) is 23.9. The first kappa shape index (κ1) is 18.4. The van der Waals surface area contributed by atoms with Gasteiger partial charge in [0.25, 0.3) is 5.91 Å². The summed E-state index contributed by atoms with van der Waals surface area (Å²) in [5.74, 6) is 1.50. The summed E-state index contributed by atoms with van der Waals surface area (Å²) >= 11 is 3.23. The van der Waals surface area contributed by atoms with Crippen LogP contribution in [-0.4, -0.2) is 22.4 Å². The van der Waals surface area contributed by atoms with Crippen molar-refractivity contribution >= 4 is 28.6 Å². The van der Waals surface area contributed by atoms with Gasteiger partial charge in [-0.05, 0) is 58.1 Å². The van der Waals surface area contributed by atoms with E-state index < -0.39 is 0 Å². The summed E-state index contributed by atoms with van der Waals surface area (Å²) in [5.41, 5.74) is 2.06. The van der Waals surface area contributed by atoms with Crippen molar-refractivity contribution in [1.82, 2.24) is 15.3 Å². The number of rotatable bonds is 6. The van der Waals surface area contributed by atoms with E-state index in [2.05, 4.69) is 10.3 Å². The van der Waals surface area contributed by atoms with Crippen molar-refractivity contribution in [2.75, 3.05) is 6.54 Å². The molecule has 142 valence electrons. The molecular weight excluding hydrogens is 378 g/mol. The molecule has 3 aromatic rings. The SMILES string of the molecule is Cc1ccc(-c2nc(C)c(C(=O)NCCCc3nc4c(s3)CCCC4)s2)o1. The van der Waals surface area contributed by atoms with Crippen LogP contribution < -0.4 is 5.32 Å². The molecule has 1 aliphatic rings. The lowest BCUT2D eigenvalue weighted by Crippen LogP contribution is -2.24. The Morgan fingerprint density at radius 3 is 2.81 bits per heavy atom. The molecule has 0 spiro atoms. The molecule has 0 saturated carbocycles. The van der Waals surface area contributed by atoms with Gasteiger partial charge in [-0.1, -0.05) is 0 Å². The Hall–Kier alpha value is -1.99. The van der Waals surface area contributed by atoms with Gasteiger partial charge in [0.05, 0.1) is 16.4 Å². The van der Waals surface area contributed by atoms with E-state index in [4.69, 9.17) is 9.40 Å². The fraction of sp³-hybridized carbons (Fsp3) is 0.450. The van der Waals surface area contributed by atoms with Gasteiger partial charge in [0.15, 0.2) is 10.8 Å². The first-order valence-electron chi connectivity index (χ1n) is 9.40. The number of hydrogen-bond acceptors (Lipinski definition) is 6. The molecule has 4 rings (SSSR count). The zero-order valence-corrected chi connectivity index (χ0v) is 17.3. The standard InChI is InChI=1S/C20H23N3O2S2/c1-12-9-10-15(25-12)20-22-13(2)18(27-20)19(24)21-11-5-8-17-23-14-6-3-4-7-16(14)26-17/h9-10H,3-8,11H2,1-2H3,(H,21,24). The van der Waals surface area contributed by atoms with Crippen molar-refractivity contribution in [3.8, 4) is 10.8 Å². The number of carbonyl (C=O) groups is 1. The van der Waals surface area contributed by atoms with Crippen molar-refractivity contribution < 1.29 is 9.21 Å². The van der Waals surface area contributed by atoms with Gasteiger partial charge in [0.1, 0.15) is 10.6 Å². The summed E-state index contributed by atoms with van der Waals surface area (Å²) < 4.78 is 5.61. The zero-order chi connectivity index (χ0) is 18.8. The molecule has 27 heavy (non-hydrogen) atoms. The molecule has 5 nitrogen and oxygen atoms in total. The lowest BCUT2D eigenvalue weighted by Gasteiger charge is -2.06. The second kappa shape index (κ2) is 7.94. The smallest absolute Gasteiger partial charge is 0.263 e. The second-order valence-electron chi connectivity index (χ2n) is 6.89. The van der Waals surface area contributed by atoms with Crippen LogP contribution in [0.1, 0.15) is 56.0 Å². The number of carbonyl (C=O) groups excluding carboxylic acids is 1. The first-order chi connectivity index (χ1) is 13.1. The molecule has 0 atom stereocenters. The quantitative estimate of drug-likeness (QED) is 0.607. The molecule has 1 N–H and O–H groups in total. The van der Waals surface area contributed by atoms with E-state index in [9.17, 15) is 4.79 Å². The van der Waals surface area contributed by atoms with Gasteiger partial charge < -0.3 is 9.73 Å². The molecule has 0 aliphatic heterocycles. The third-order valence-corrected chi connectivity index (χ3v) is 7.08. The first-order valence-corrected chi connectivity index (χ1v) is 11.0. The van der Waals surface area contributed by atoms with Gasteiger partial charge in [0.2, 0.25) is 0 Å². The van der Waals surface area contributed by atoms with Crippen LogP contribution in [0.4, 0.5) is 0 Å². The van der Waals surface area contributed by atoms with Crippen LogP contribution in [0, 0.1) is 13.8 Å². The monoisotopic (exact) mass is 401 g/mol. The second-order valence-corrected chi connectivity index (χ2v) is 9.06. The highest BCUT2D eigenvalue weighted by atomic mass is 32.1. The van der Waals surface area contributed by atoms with Crippen LogP contribution in [0.25, 0.3) is 10.8 Å². The van der Waals surface area contributed by atoms with Gasteiger partial charge in [-0.15, -0.1) is 22.7 Å². The molecule has 7 heteroatoms. The summed E-state index contributed by atoms with van der Waals surface area (Å²) in [6.45, 7) is 4.41. The number of hydrogen-bond donors (Lipinski definition) is 1. The van der Waals surface area contributed by atoms with Crippen molar-refractivity contribution in [2.45, 2.75) is 52.4 Å². The predicted octanol–water partition coefficient (Wildman–Crippen LogP) is 4.72. The lowest BCUT2D eigenvalue weighted by atomic mass is 10.0. The third kappa shape index (κ3) is 4.14. The van der Waals surface area contributed by atoms with E-state index in [1.165, 1.54) is 46.2 Å².